The summed E-state index contributed by atoms with van der Waals surface area (Å²) in [7, 11) is 0. The van der Waals surface area contributed by atoms with Crippen LogP contribution in [0.2, 0.25) is 0 Å². The predicted octanol–water partition coefficient (Wildman–Crippen LogP) is 3.94. The first-order valence-electron chi connectivity index (χ1n) is 16.8. The van der Waals surface area contributed by atoms with Crippen molar-refractivity contribution in [2.45, 2.75) is 102 Å². The lowest BCUT2D eigenvalue weighted by Crippen LogP contribution is -2.50. The molecule has 0 fully saturated rings. The number of aliphatic hydroxyl groups is 1. The number of anilines is 1. The number of alkyl carbamates (subject to hydrolysis) is 1. The molecule has 0 aliphatic rings. The molecule has 50 heavy (non-hydrogen) atoms. The zero-order chi connectivity index (χ0) is 37.4. The molecule has 2 atom stereocenters. The summed E-state index contributed by atoms with van der Waals surface area (Å²) < 4.78 is 8.40. The second-order valence-corrected chi connectivity index (χ2v) is 13.2. The lowest BCUT2D eigenvalue weighted by atomic mass is 10.1. The summed E-state index contributed by atoms with van der Waals surface area (Å²) in [5, 5.41) is 22.4. The first-order valence-corrected chi connectivity index (χ1v) is 17.6. The van der Waals surface area contributed by atoms with E-state index in [0.717, 1.165) is 4.90 Å². The van der Waals surface area contributed by atoms with Gasteiger partial charge in [0.1, 0.15) is 11.6 Å². The normalized spacial score (nSPS) is 11.9. The van der Waals surface area contributed by atoms with Crippen LogP contribution in [0, 0.1) is 0 Å². The van der Waals surface area contributed by atoms with Gasteiger partial charge in [-0.05, 0) is 94.7 Å². The Morgan fingerprint density at radius 2 is 1.44 bits per heavy atom. The van der Waals surface area contributed by atoms with Crippen molar-refractivity contribution in [3.8, 4) is 0 Å². The van der Waals surface area contributed by atoms with Gasteiger partial charge >= 0.3 is 12.1 Å². The first kappa shape index (κ1) is 43.7. The minimum atomic E-state index is -0.966. The highest BCUT2D eigenvalue weighted by molar-refractivity contribution is 7.97. The zero-order valence-electron chi connectivity index (χ0n) is 29.8. The molecule has 2 aromatic carbocycles. The van der Waals surface area contributed by atoms with Gasteiger partial charge in [-0.25, -0.2) is 14.3 Å². The van der Waals surface area contributed by atoms with Gasteiger partial charge < -0.3 is 42.2 Å². The van der Waals surface area contributed by atoms with Crippen LogP contribution in [0.3, 0.4) is 0 Å². The van der Waals surface area contributed by atoms with E-state index < -0.39 is 47.5 Å². The molecule has 0 heterocycles. The molecule has 0 aromatic heterocycles. The van der Waals surface area contributed by atoms with Crippen LogP contribution in [0.15, 0.2) is 59.5 Å². The predicted molar refractivity (Wildman–Crippen MR) is 196 cm³/mol. The van der Waals surface area contributed by atoms with Gasteiger partial charge in [0.05, 0.1) is 19.2 Å². The first-order chi connectivity index (χ1) is 23.8. The number of hydrogen-bond donors (Lipinski definition) is 8. The second kappa shape index (κ2) is 24.7. The van der Waals surface area contributed by atoms with E-state index >= 15 is 0 Å². The SMILES string of the molecule is CC(C)(C)OC(=O)NCCCCC(NSc1ccccc1)C(=O)NCC(=O)NC(CCCNC(N)=O)C(=O)Nc1ccc(CO)cc1.CCC. The van der Waals surface area contributed by atoms with E-state index in [0.29, 0.717) is 43.5 Å². The fraction of sp³-hybridized carbons (Fsp3) is 0.514. The van der Waals surface area contributed by atoms with Crippen LogP contribution in [-0.4, -0.2) is 72.3 Å². The van der Waals surface area contributed by atoms with Crippen molar-refractivity contribution in [3.05, 3.63) is 60.2 Å². The van der Waals surface area contributed by atoms with Gasteiger partial charge in [0.15, 0.2) is 0 Å². The van der Waals surface area contributed by atoms with Crippen molar-refractivity contribution in [1.29, 1.82) is 0 Å². The Balaban J connectivity index is 0.00000401. The topological polar surface area (TPSA) is 213 Å². The molecule has 278 valence electrons. The Hall–Kier alpha value is -4.34. The Labute approximate surface area is 300 Å². The minimum absolute atomic E-state index is 0.141. The molecular weight excluding hydrogens is 662 g/mol. The number of benzene rings is 2. The summed E-state index contributed by atoms with van der Waals surface area (Å²) in [5.74, 6) is -1.47. The van der Waals surface area contributed by atoms with Crippen molar-refractivity contribution in [2.24, 2.45) is 5.73 Å². The molecule has 6 amide bonds. The van der Waals surface area contributed by atoms with E-state index in [2.05, 4.69) is 45.2 Å². The Kier molecular flexibility index (Phi) is 21.6. The molecule has 2 unspecified atom stereocenters. The number of nitrogens with two attached hydrogens (primary N) is 1. The van der Waals surface area contributed by atoms with Gasteiger partial charge in [-0.3, -0.25) is 14.4 Å². The molecule has 15 heteroatoms. The maximum absolute atomic E-state index is 13.2. The number of aliphatic hydroxyl groups excluding tert-OH is 1. The van der Waals surface area contributed by atoms with Crippen molar-refractivity contribution in [2.75, 3.05) is 25.0 Å². The monoisotopic (exact) mass is 717 g/mol. The number of carbonyl (C=O) groups excluding carboxylic acids is 5. The second-order valence-electron chi connectivity index (χ2n) is 12.3. The molecule has 0 bridgehead atoms. The standard InChI is InChI=1S/C32H47N7O7S.C3H8/c1-32(2,3)46-31(45)35-18-8-7-12-26(39-47-24-10-5-4-6-11-24)28(42)36-20-27(41)38-25(13-9-19-34-30(33)44)29(43)37-23-16-14-22(21-40)15-17-23;1-3-2/h4-6,10-11,14-17,25-26,39-40H,7-9,12-13,18-21H2,1-3H3,(H,35,45)(H,36,42)(H,37,43)(H,38,41)(H3,33,34,44);3H2,1-2H3. The highest BCUT2D eigenvalue weighted by Gasteiger charge is 2.23. The summed E-state index contributed by atoms with van der Waals surface area (Å²) in [6.07, 6.45) is 2.91. The highest BCUT2D eigenvalue weighted by Crippen LogP contribution is 2.16. The zero-order valence-corrected chi connectivity index (χ0v) is 30.6. The van der Waals surface area contributed by atoms with Gasteiger partial charge in [0, 0.05) is 23.7 Å². The Morgan fingerprint density at radius 3 is 2.04 bits per heavy atom. The average Bonchev–Trinajstić information content (AvgIpc) is 3.06. The number of rotatable bonds is 19. The van der Waals surface area contributed by atoms with Gasteiger partial charge in [0.2, 0.25) is 17.7 Å². The maximum Gasteiger partial charge on any atom is 0.407 e. The van der Waals surface area contributed by atoms with Crippen LogP contribution in [0.25, 0.3) is 0 Å². The molecule has 0 radical (unpaired) electrons. The average molecular weight is 718 g/mol. The van der Waals surface area contributed by atoms with Gasteiger partial charge in [-0.1, -0.05) is 50.6 Å². The van der Waals surface area contributed by atoms with Crippen LogP contribution in [0.5, 0.6) is 0 Å². The van der Waals surface area contributed by atoms with E-state index in [1.165, 1.54) is 18.4 Å². The fourth-order valence-corrected chi connectivity index (χ4v) is 4.89. The lowest BCUT2D eigenvalue weighted by molar-refractivity contribution is -0.128. The molecule has 0 spiro atoms. The summed E-state index contributed by atoms with van der Waals surface area (Å²) in [5.41, 5.74) is 5.66. The Morgan fingerprint density at radius 1 is 0.820 bits per heavy atom. The number of unbranched alkanes of at least 4 members (excludes halogenated alkanes) is 1. The van der Waals surface area contributed by atoms with Gasteiger partial charge in [-0.2, -0.15) is 0 Å². The lowest BCUT2D eigenvalue weighted by Gasteiger charge is -2.21. The largest absolute Gasteiger partial charge is 0.444 e. The number of primary amides is 1. The van der Waals surface area contributed by atoms with Crippen molar-refractivity contribution >= 4 is 47.5 Å². The smallest absolute Gasteiger partial charge is 0.407 e. The molecule has 0 aliphatic heterocycles. The van der Waals surface area contributed by atoms with E-state index in [1.54, 1.807) is 45.0 Å². The third-order valence-electron chi connectivity index (χ3n) is 6.41. The number of amides is 6. The third-order valence-corrected chi connectivity index (χ3v) is 7.32. The number of urea groups is 1. The van der Waals surface area contributed by atoms with Crippen LogP contribution < -0.4 is 37.0 Å². The van der Waals surface area contributed by atoms with Crippen LogP contribution in [0.1, 0.15) is 78.7 Å². The highest BCUT2D eigenvalue weighted by atomic mass is 32.2. The molecule has 0 saturated carbocycles. The number of hydrogen-bond acceptors (Lipinski definition) is 9. The van der Waals surface area contributed by atoms with E-state index in [1.807, 2.05) is 30.3 Å². The third kappa shape index (κ3) is 20.9. The van der Waals surface area contributed by atoms with Crippen LogP contribution in [0.4, 0.5) is 15.3 Å². The summed E-state index contributed by atoms with van der Waals surface area (Å²) in [4.78, 5) is 63.0. The summed E-state index contributed by atoms with van der Waals surface area (Å²) in [6, 6.07) is 13.7. The number of ether oxygens (including phenoxy) is 1. The fourth-order valence-electron chi connectivity index (χ4n) is 4.09. The van der Waals surface area contributed by atoms with E-state index in [4.69, 9.17) is 10.5 Å². The number of carbonyl (C=O) groups is 5. The molecule has 0 aliphatic carbocycles. The van der Waals surface area contributed by atoms with Crippen molar-refractivity contribution in [1.82, 2.24) is 26.0 Å². The van der Waals surface area contributed by atoms with Crippen LogP contribution in [-0.2, 0) is 25.7 Å². The van der Waals surface area contributed by atoms with E-state index in [-0.39, 0.29) is 26.1 Å². The maximum atomic E-state index is 13.2. The van der Waals surface area contributed by atoms with Crippen molar-refractivity contribution < 1.29 is 33.8 Å². The van der Waals surface area contributed by atoms with E-state index in [9.17, 15) is 29.1 Å². The number of nitrogens with one attached hydrogen (secondary N) is 6. The quantitative estimate of drug-likeness (QED) is 0.0780. The minimum Gasteiger partial charge on any atom is -0.444 e. The molecule has 2 rings (SSSR count). The molecule has 14 nitrogen and oxygen atoms in total. The molecule has 9 N–H and O–H groups in total. The van der Waals surface area contributed by atoms with Crippen LogP contribution >= 0.6 is 11.9 Å². The molecule has 0 saturated heterocycles. The molecule has 2 aromatic rings. The summed E-state index contributed by atoms with van der Waals surface area (Å²) >= 11 is 1.29. The summed E-state index contributed by atoms with van der Waals surface area (Å²) in [6.45, 7) is 9.66. The van der Waals surface area contributed by atoms with Gasteiger partial charge in [0.25, 0.3) is 0 Å². The molecular formula is C35H55N7O7S. The van der Waals surface area contributed by atoms with Crippen molar-refractivity contribution in [3.63, 3.8) is 0 Å². The van der Waals surface area contributed by atoms with Gasteiger partial charge in [-0.15, -0.1) is 0 Å². The Bertz CT molecular complexity index is 1310.